The van der Waals surface area contributed by atoms with Crippen molar-refractivity contribution in [1.82, 2.24) is 0 Å². The van der Waals surface area contributed by atoms with E-state index in [0.29, 0.717) is 6.42 Å². The van der Waals surface area contributed by atoms with Gasteiger partial charge in [-0.2, -0.15) is 0 Å². The Labute approximate surface area is 270 Å². The Morgan fingerprint density at radius 2 is 1.40 bits per heavy atom. The molecule has 2 heteroatoms. The standard InChI is InChI=1S/C41H75NO/c1-5-8-11-14-16-20-25-30-39-34-37(28-23-13-10-7-3)38(29-24-19-15-12-9-6-2)35-40(39)31-26-21-17-18-22-27-36(4)32-33-41(42)43/h5,19,24,35,37,39-41,43H,1,4,6-18,20-23,25-34,42H2,2-3H3/b24-19+. The first-order valence-electron chi connectivity index (χ1n) is 19.1. The molecule has 0 saturated heterocycles. The maximum absolute atomic E-state index is 9.29. The summed E-state index contributed by atoms with van der Waals surface area (Å²) in [7, 11) is 0. The van der Waals surface area contributed by atoms with Crippen molar-refractivity contribution in [1.29, 1.82) is 0 Å². The summed E-state index contributed by atoms with van der Waals surface area (Å²) < 4.78 is 0. The van der Waals surface area contributed by atoms with Crippen LogP contribution in [0.15, 0.2) is 48.6 Å². The summed E-state index contributed by atoms with van der Waals surface area (Å²) in [5.74, 6) is 2.50. The van der Waals surface area contributed by atoms with Gasteiger partial charge in [-0.05, 0) is 101 Å². The normalized spacial score (nSPS) is 19.5. The molecule has 3 N–H and O–H groups in total. The molecule has 0 heterocycles. The van der Waals surface area contributed by atoms with Crippen LogP contribution in [-0.2, 0) is 0 Å². The maximum atomic E-state index is 9.29. The Bertz CT molecular complexity index is 719. The van der Waals surface area contributed by atoms with Crippen molar-refractivity contribution in [3.05, 3.63) is 48.6 Å². The molecule has 43 heavy (non-hydrogen) atoms. The predicted molar refractivity (Wildman–Crippen MR) is 193 cm³/mol. The quantitative estimate of drug-likeness (QED) is 0.0491. The first-order chi connectivity index (χ1) is 21.0. The molecule has 0 spiro atoms. The minimum atomic E-state index is -0.699. The van der Waals surface area contributed by atoms with Crippen LogP contribution in [0.25, 0.3) is 0 Å². The lowest BCUT2D eigenvalue weighted by Crippen LogP contribution is -2.24. The molecule has 2 nitrogen and oxygen atoms in total. The molecule has 0 aromatic carbocycles. The Hall–Kier alpha value is -1.12. The Balaban J connectivity index is 2.70. The highest BCUT2D eigenvalue weighted by Crippen LogP contribution is 2.42. The molecular weight excluding hydrogens is 522 g/mol. The van der Waals surface area contributed by atoms with E-state index < -0.39 is 6.23 Å². The average molecular weight is 598 g/mol. The molecule has 0 bridgehead atoms. The van der Waals surface area contributed by atoms with Crippen LogP contribution in [0.3, 0.4) is 0 Å². The monoisotopic (exact) mass is 598 g/mol. The van der Waals surface area contributed by atoms with Crippen molar-refractivity contribution in [3.8, 4) is 0 Å². The number of aliphatic hydroxyl groups is 1. The summed E-state index contributed by atoms with van der Waals surface area (Å²) >= 11 is 0. The number of allylic oxidation sites excluding steroid dienone is 6. The summed E-state index contributed by atoms with van der Waals surface area (Å²) in [4.78, 5) is 0. The molecule has 0 fully saturated rings. The van der Waals surface area contributed by atoms with E-state index in [1.165, 1.54) is 160 Å². The molecule has 1 rings (SSSR count). The maximum Gasteiger partial charge on any atom is 0.102 e. The van der Waals surface area contributed by atoms with E-state index in [1.807, 2.05) is 0 Å². The molecule has 0 aromatic rings. The zero-order chi connectivity index (χ0) is 31.4. The molecule has 1 aliphatic carbocycles. The second-order valence-corrected chi connectivity index (χ2v) is 13.9. The predicted octanol–water partition coefficient (Wildman–Crippen LogP) is 12.9. The van der Waals surface area contributed by atoms with Crippen molar-refractivity contribution in [2.45, 2.75) is 193 Å². The molecule has 0 amide bonds. The Kier molecular flexibility index (Phi) is 26.3. The SMILES string of the molecule is C=CCCCCCCCC1CC(CCCCCC)C(C/C=C/CCCCC)=CC1CCCCCCCC(=C)CCC(N)O. The molecular formula is C41H75NO. The van der Waals surface area contributed by atoms with E-state index >= 15 is 0 Å². The second kappa shape index (κ2) is 28.4. The smallest absolute Gasteiger partial charge is 0.102 e. The summed E-state index contributed by atoms with van der Waals surface area (Å²) in [5.41, 5.74) is 8.51. The molecule has 4 unspecified atom stereocenters. The topological polar surface area (TPSA) is 46.2 Å². The van der Waals surface area contributed by atoms with Gasteiger partial charge in [-0.1, -0.05) is 146 Å². The molecule has 0 saturated carbocycles. The fourth-order valence-corrected chi connectivity index (χ4v) is 7.08. The highest BCUT2D eigenvalue weighted by Gasteiger charge is 2.29. The largest absolute Gasteiger partial charge is 0.379 e. The van der Waals surface area contributed by atoms with E-state index in [9.17, 15) is 5.11 Å². The lowest BCUT2D eigenvalue weighted by Gasteiger charge is -2.36. The zero-order valence-corrected chi connectivity index (χ0v) is 29.1. The van der Waals surface area contributed by atoms with Crippen LogP contribution in [0.2, 0.25) is 0 Å². The molecule has 0 aliphatic heterocycles. The summed E-state index contributed by atoms with van der Waals surface area (Å²) in [5, 5.41) is 9.29. The molecule has 4 atom stereocenters. The summed E-state index contributed by atoms with van der Waals surface area (Å²) in [6, 6.07) is 0. The van der Waals surface area contributed by atoms with Gasteiger partial charge in [0.2, 0.25) is 0 Å². The fourth-order valence-electron chi connectivity index (χ4n) is 7.08. The number of nitrogens with two attached hydrogens (primary N) is 1. The van der Waals surface area contributed by atoms with Gasteiger partial charge in [0.05, 0.1) is 0 Å². The van der Waals surface area contributed by atoms with E-state index in [2.05, 4.69) is 51.3 Å². The lowest BCUT2D eigenvalue weighted by molar-refractivity contribution is 0.172. The van der Waals surface area contributed by atoms with Crippen LogP contribution < -0.4 is 5.73 Å². The van der Waals surface area contributed by atoms with Crippen molar-refractivity contribution < 1.29 is 5.11 Å². The summed E-state index contributed by atoms with van der Waals surface area (Å²) in [6.45, 7) is 12.7. The van der Waals surface area contributed by atoms with Gasteiger partial charge in [-0.3, -0.25) is 0 Å². The minimum absolute atomic E-state index is 0.639. The molecule has 250 valence electrons. The highest BCUT2D eigenvalue weighted by molar-refractivity contribution is 5.17. The van der Waals surface area contributed by atoms with Crippen molar-refractivity contribution in [3.63, 3.8) is 0 Å². The van der Waals surface area contributed by atoms with E-state index in [-0.39, 0.29) is 0 Å². The Morgan fingerprint density at radius 3 is 2.12 bits per heavy atom. The van der Waals surface area contributed by atoms with Crippen LogP contribution in [0.4, 0.5) is 0 Å². The number of unbranched alkanes of at least 4 members (excludes halogenated alkanes) is 15. The van der Waals surface area contributed by atoms with Crippen LogP contribution in [0.1, 0.15) is 187 Å². The van der Waals surface area contributed by atoms with Gasteiger partial charge in [-0.25, -0.2) is 0 Å². The van der Waals surface area contributed by atoms with Crippen molar-refractivity contribution in [2.75, 3.05) is 0 Å². The lowest BCUT2D eigenvalue weighted by atomic mass is 9.69. The number of aliphatic hydroxyl groups excluding tert-OH is 1. The third-order valence-electron chi connectivity index (χ3n) is 9.89. The molecule has 1 aliphatic rings. The van der Waals surface area contributed by atoms with Crippen LogP contribution in [0.5, 0.6) is 0 Å². The summed E-state index contributed by atoms with van der Waals surface area (Å²) in [6.07, 6.45) is 44.2. The van der Waals surface area contributed by atoms with E-state index in [4.69, 9.17) is 5.73 Å². The van der Waals surface area contributed by atoms with Gasteiger partial charge in [0.1, 0.15) is 6.23 Å². The highest BCUT2D eigenvalue weighted by atomic mass is 16.3. The van der Waals surface area contributed by atoms with Gasteiger partial charge in [-0.15, -0.1) is 6.58 Å². The second-order valence-electron chi connectivity index (χ2n) is 13.9. The van der Waals surface area contributed by atoms with Gasteiger partial charge in [0, 0.05) is 0 Å². The van der Waals surface area contributed by atoms with Gasteiger partial charge < -0.3 is 10.8 Å². The first kappa shape index (κ1) is 39.9. The third-order valence-corrected chi connectivity index (χ3v) is 9.89. The van der Waals surface area contributed by atoms with E-state index in [1.54, 1.807) is 5.57 Å². The number of hydrogen-bond acceptors (Lipinski definition) is 2. The van der Waals surface area contributed by atoms with Crippen LogP contribution in [0, 0.1) is 17.8 Å². The third kappa shape index (κ3) is 22.1. The zero-order valence-electron chi connectivity index (χ0n) is 29.1. The van der Waals surface area contributed by atoms with E-state index in [0.717, 1.165) is 30.6 Å². The molecule has 0 aromatic heterocycles. The Morgan fingerprint density at radius 1 is 0.791 bits per heavy atom. The fraction of sp³-hybridized carbons (Fsp3) is 0.805. The van der Waals surface area contributed by atoms with Gasteiger partial charge >= 0.3 is 0 Å². The van der Waals surface area contributed by atoms with Gasteiger partial charge in [0.15, 0.2) is 0 Å². The average Bonchev–Trinajstić information content (AvgIpc) is 3.00. The minimum Gasteiger partial charge on any atom is -0.379 e. The van der Waals surface area contributed by atoms with Crippen molar-refractivity contribution in [2.24, 2.45) is 23.5 Å². The first-order valence-corrected chi connectivity index (χ1v) is 19.1. The molecule has 0 radical (unpaired) electrons. The van der Waals surface area contributed by atoms with Crippen LogP contribution in [-0.4, -0.2) is 11.3 Å². The van der Waals surface area contributed by atoms with Crippen molar-refractivity contribution >= 4 is 0 Å². The number of rotatable bonds is 30. The number of hydrogen-bond donors (Lipinski definition) is 2. The van der Waals surface area contributed by atoms with Gasteiger partial charge in [0.25, 0.3) is 0 Å². The van der Waals surface area contributed by atoms with Crippen LogP contribution >= 0.6 is 0 Å².